The van der Waals surface area contributed by atoms with E-state index in [1.54, 1.807) is 0 Å². The van der Waals surface area contributed by atoms with Gasteiger partial charge in [0.1, 0.15) is 0 Å². The molecular formula is C16H23F3N4O3S. The monoisotopic (exact) mass is 408 g/mol. The molecule has 1 aromatic carbocycles. The molecular weight excluding hydrogens is 385 g/mol. The number of benzene rings is 1. The molecule has 0 unspecified atom stereocenters. The first-order valence-electron chi connectivity index (χ1n) is 8.38. The van der Waals surface area contributed by atoms with Crippen molar-refractivity contribution in [3.63, 3.8) is 0 Å². The summed E-state index contributed by atoms with van der Waals surface area (Å²) in [5.41, 5.74) is -0.0222. The zero-order valence-corrected chi connectivity index (χ0v) is 16.0. The Balaban J connectivity index is 1.77. The minimum atomic E-state index is -4.37. The van der Waals surface area contributed by atoms with Gasteiger partial charge in [-0.3, -0.25) is 0 Å². The quantitative estimate of drug-likeness (QED) is 0.800. The molecule has 27 heavy (non-hydrogen) atoms. The fraction of sp³-hybridized carbons (Fsp3) is 0.562. The standard InChI is InChI=1S/C16H23F3N4O3S/c1-21(2)27(25,26)23-11-9-22(10-12-23)15(24)20-8-7-13-3-5-14(6-4-13)16(17,18)19/h3-6H,7-12H2,1-2H3,(H,20,24). The van der Waals surface area contributed by atoms with Gasteiger partial charge in [0.15, 0.2) is 0 Å². The van der Waals surface area contributed by atoms with E-state index in [4.69, 9.17) is 0 Å². The number of amides is 2. The minimum Gasteiger partial charge on any atom is -0.338 e. The summed E-state index contributed by atoms with van der Waals surface area (Å²) in [6, 6.07) is 4.49. The van der Waals surface area contributed by atoms with Crippen molar-refractivity contribution in [2.75, 3.05) is 46.8 Å². The van der Waals surface area contributed by atoms with Crippen molar-refractivity contribution in [2.24, 2.45) is 0 Å². The number of nitrogens with one attached hydrogen (secondary N) is 1. The number of carbonyl (C=O) groups excluding carboxylic acids is 1. The largest absolute Gasteiger partial charge is 0.416 e. The zero-order valence-electron chi connectivity index (χ0n) is 15.2. The van der Waals surface area contributed by atoms with Crippen LogP contribution in [-0.2, 0) is 22.8 Å². The first kappa shape index (κ1) is 21.5. The van der Waals surface area contributed by atoms with Gasteiger partial charge in [0.2, 0.25) is 0 Å². The second-order valence-corrected chi connectivity index (χ2v) is 8.50. The SMILES string of the molecule is CN(C)S(=O)(=O)N1CCN(C(=O)NCCc2ccc(C(F)(F)F)cc2)CC1. The summed E-state index contributed by atoms with van der Waals surface area (Å²) in [7, 11) is -0.580. The maximum absolute atomic E-state index is 12.5. The summed E-state index contributed by atoms with van der Waals surface area (Å²) < 4.78 is 64.1. The Morgan fingerprint density at radius 1 is 1.11 bits per heavy atom. The van der Waals surface area contributed by atoms with Gasteiger partial charge in [-0.2, -0.15) is 30.2 Å². The number of piperazine rings is 1. The maximum Gasteiger partial charge on any atom is 0.416 e. The smallest absolute Gasteiger partial charge is 0.338 e. The normalized spacial score (nSPS) is 16.6. The maximum atomic E-state index is 12.5. The second-order valence-electron chi connectivity index (χ2n) is 6.35. The number of urea groups is 1. The van der Waals surface area contributed by atoms with Crippen LogP contribution in [0.4, 0.5) is 18.0 Å². The lowest BCUT2D eigenvalue weighted by Gasteiger charge is -2.35. The van der Waals surface area contributed by atoms with E-state index in [0.717, 1.165) is 16.4 Å². The average Bonchev–Trinajstić information content (AvgIpc) is 2.61. The van der Waals surface area contributed by atoms with Crippen molar-refractivity contribution >= 4 is 16.2 Å². The molecule has 1 N–H and O–H groups in total. The minimum absolute atomic E-state index is 0.215. The van der Waals surface area contributed by atoms with Crippen LogP contribution < -0.4 is 5.32 Å². The van der Waals surface area contributed by atoms with E-state index < -0.39 is 21.9 Å². The van der Waals surface area contributed by atoms with Gasteiger partial charge < -0.3 is 10.2 Å². The summed E-state index contributed by atoms with van der Waals surface area (Å²) in [5.74, 6) is 0. The van der Waals surface area contributed by atoms with Gasteiger partial charge in [-0.15, -0.1) is 0 Å². The summed E-state index contributed by atoms with van der Waals surface area (Å²) in [4.78, 5) is 13.7. The highest BCUT2D eigenvalue weighted by Gasteiger charge is 2.31. The molecule has 1 aromatic rings. The molecule has 7 nitrogen and oxygen atoms in total. The Bertz CT molecular complexity index is 743. The van der Waals surface area contributed by atoms with E-state index in [0.29, 0.717) is 12.0 Å². The number of carbonyl (C=O) groups is 1. The van der Waals surface area contributed by atoms with Crippen LogP contribution in [0.25, 0.3) is 0 Å². The molecule has 0 saturated carbocycles. The highest BCUT2D eigenvalue weighted by atomic mass is 32.2. The molecule has 0 spiro atoms. The Kier molecular flexibility index (Phi) is 6.71. The number of halogens is 3. The Morgan fingerprint density at radius 3 is 2.15 bits per heavy atom. The number of rotatable bonds is 5. The van der Waals surface area contributed by atoms with Gasteiger partial charge in [-0.25, -0.2) is 4.79 Å². The lowest BCUT2D eigenvalue weighted by Crippen LogP contribution is -2.55. The molecule has 0 aliphatic carbocycles. The highest BCUT2D eigenvalue weighted by Crippen LogP contribution is 2.29. The van der Waals surface area contributed by atoms with Crippen LogP contribution in [0.3, 0.4) is 0 Å². The van der Waals surface area contributed by atoms with E-state index in [9.17, 15) is 26.4 Å². The molecule has 0 bridgehead atoms. The average molecular weight is 408 g/mol. The van der Waals surface area contributed by atoms with Gasteiger partial charge >= 0.3 is 12.2 Å². The predicted octanol–water partition coefficient (Wildman–Crippen LogP) is 1.38. The lowest BCUT2D eigenvalue weighted by atomic mass is 10.1. The van der Waals surface area contributed by atoms with Crippen molar-refractivity contribution in [2.45, 2.75) is 12.6 Å². The van der Waals surface area contributed by atoms with E-state index in [2.05, 4.69) is 5.32 Å². The van der Waals surface area contributed by atoms with Crippen LogP contribution in [0.1, 0.15) is 11.1 Å². The number of hydrogen-bond donors (Lipinski definition) is 1. The van der Waals surface area contributed by atoms with Gasteiger partial charge in [-0.05, 0) is 24.1 Å². The Labute approximate surface area is 156 Å². The molecule has 2 rings (SSSR count). The van der Waals surface area contributed by atoms with Gasteiger partial charge in [-0.1, -0.05) is 12.1 Å². The van der Waals surface area contributed by atoms with Crippen molar-refractivity contribution in [1.29, 1.82) is 0 Å². The molecule has 0 atom stereocenters. The van der Waals surface area contributed by atoms with Crippen LogP contribution in [0, 0.1) is 0 Å². The van der Waals surface area contributed by atoms with E-state index in [1.165, 1.54) is 35.4 Å². The molecule has 2 amide bonds. The third-order valence-electron chi connectivity index (χ3n) is 4.28. The number of hydrogen-bond acceptors (Lipinski definition) is 3. The second kappa shape index (κ2) is 8.44. The summed E-state index contributed by atoms with van der Waals surface area (Å²) >= 11 is 0. The Morgan fingerprint density at radius 2 is 1.67 bits per heavy atom. The van der Waals surface area contributed by atoms with Crippen molar-refractivity contribution in [3.05, 3.63) is 35.4 Å². The molecule has 1 fully saturated rings. The van der Waals surface area contributed by atoms with Crippen molar-refractivity contribution < 1.29 is 26.4 Å². The first-order valence-corrected chi connectivity index (χ1v) is 9.78. The van der Waals surface area contributed by atoms with Crippen LogP contribution in [0.2, 0.25) is 0 Å². The van der Waals surface area contributed by atoms with Crippen LogP contribution in [-0.4, -0.2) is 74.8 Å². The molecule has 152 valence electrons. The third-order valence-corrected chi connectivity index (χ3v) is 6.23. The first-order chi connectivity index (χ1) is 12.5. The highest BCUT2D eigenvalue weighted by molar-refractivity contribution is 7.86. The third kappa shape index (κ3) is 5.56. The number of alkyl halides is 3. The fourth-order valence-corrected chi connectivity index (χ4v) is 3.73. The van der Waals surface area contributed by atoms with Crippen molar-refractivity contribution in [3.8, 4) is 0 Å². The van der Waals surface area contributed by atoms with Gasteiger partial charge in [0.25, 0.3) is 10.2 Å². The van der Waals surface area contributed by atoms with Crippen LogP contribution in [0.15, 0.2) is 24.3 Å². The van der Waals surface area contributed by atoms with Gasteiger partial charge in [0.05, 0.1) is 5.56 Å². The van der Waals surface area contributed by atoms with Gasteiger partial charge in [0, 0.05) is 46.8 Å². The summed E-state index contributed by atoms with van der Waals surface area (Å²) in [5, 5.41) is 2.71. The van der Waals surface area contributed by atoms with E-state index >= 15 is 0 Å². The van der Waals surface area contributed by atoms with Crippen molar-refractivity contribution in [1.82, 2.24) is 18.8 Å². The molecule has 0 aromatic heterocycles. The molecule has 11 heteroatoms. The van der Waals surface area contributed by atoms with Crippen LogP contribution in [0.5, 0.6) is 0 Å². The topological polar surface area (TPSA) is 73.0 Å². The summed E-state index contributed by atoms with van der Waals surface area (Å²) in [6.45, 7) is 1.26. The summed E-state index contributed by atoms with van der Waals surface area (Å²) in [6.07, 6.45) is -3.96. The fourth-order valence-electron chi connectivity index (χ4n) is 2.64. The predicted molar refractivity (Wildman–Crippen MR) is 94.3 cm³/mol. The molecule has 1 aliphatic rings. The molecule has 1 saturated heterocycles. The van der Waals surface area contributed by atoms with E-state index in [1.807, 2.05) is 0 Å². The lowest BCUT2D eigenvalue weighted by molar-refractivity contribution is -0.137. The Hall–Kier alpha value is -1.85. The number of nitrogens with zero attached hydrogens (tertiary/aromatic N) is 3. The molecule has 1 heterocycles. The molecule has 0 radical (unpaired) electrons. The van der Waals surface area contributed by atoms with E-state index in [-0.39, 0.29) is 38.8 Å². The molecule has 1 aliphatic heterocycles. The zero-order chi connectivity index (χ0) is 20.2. The van der Waals surface area contributed by atoms with Crippen LogP contribution >= 0.6 is 0 Å².